The molecule has 4 aromatic rings. The van der Waals surface area contributed by atoms with Crippen LogP contribution in [0.2, 0.25) is 5.02 Å². The maximum atomic E-state index is 12.6. The maximum absolute atomic E-state index is 12.6. The quantitative estimate of drug-likeness (QED) is 0.320. The molecule has 0 fully saturated rings. The number of rotatable bonds is 3. The minimum Gasteiger partial charge on any atom is -0.493 e. The Balaban J connectivity index is 1.63. The zero-order valence-corrected chi connectivity index (χ0v) is 17.0. The van der Waals surface area contributed by atoms with Gasteiger partial charge in [-0.15, -0.1) is 10.2 Å². The Bertz CT molecular complexity index is 1330. The van der Waals surface area contributed by atoms with Crippen molar-refractivity contribution in [1.82, 2.24) is 14.5 Å². The zero-order chi connectivity index (χ0) is 19.8. The van der Waals surface area contributed by atoms with E-state index in [1.165, 1.54) is 10.9 Å². The van der Waals surface area contributed by atoms with Crippen molar-refractivity contribution in [3.63, 3.8) is 0 Å². The van der Waals surface area contributed by atoms with Crippen molar-refractivity contribution < 1.29 is 9.90 Å². The summed E-state index contributed by atoms with van der Waals surface area (Å²) >= 11 is 8.07. The van der Waals surface area contributed by atoms with E-state index in [0.29, 0.717) is 26.8 Å². The third-order valence-electron chi connectivity index (χ3n) is 4.07. The molecule has 0 aliphatic carbocycles. The SMILES string of the molecule is O=C(Cn1cnc2ccc(I)cc2c1=O)N=Nc1c(O)[nH]c2ccc(Cl)cc12. The third-order valence-corrected chi connectivity index (χ3v) is 4.97. The number of nitrogens with zero attached hydrogens (tertiary/aromatic N) is 4. The van der Waals surface area contributed by atoms with Gasteiger partial charge in [0, 0.05) is 14.0 Å². The van der Waals surface area contributed by atoms with Gasteiger partial charge in [-0.25, -0.2) is 4.98 Å². The van der Waals surface area contributed by atoms with Crippen LogP contribution < -0.4 is 5.56 Å². The zero-order valence-electron chi connectivity index (χ0n) is 14.1. The van der Waals surface area contributed by atoms with E-state index in [1.807, 2.05) is 6.07 Å². The second kappa shape index (κ2) is 7.32. The Kier molecular flexibility index (Phi) is 4.85. The van der Waals surface area contributed by atoms with E-state index in [2.05, 4.69) is 42.8 Å². The molecule has 2 heterocycles. The Morgan fingerprint density at radius 2 is 2.07 bits per heavy atom. The Labute approximate surface area is 176 Å². The van der Waals surface area contributed by atoms with Gasteiger partial charge in [-0.2, -0.15) is 0 Å². The first-order chi connectivity index (χ1) is 13.4. The lowest BCUT2D eigenvalue weighted by Gasteiger charge is -2.04. The predicted molar refractivity (Wildman–Crippen MR) is 113 cm³/mol. The second-order valence-corrected chi connectivity index (χ2v) is 7.63. The molecule has 0 radical (unpaired) electrons. The van der Waals surface area contributed by atoms with Crippen LogP contribution in [0.5, 0.6) is 5.88 Å². The molecule has 2 aromatic heterocycles. The molecule has 28 heavy (non-hydrogen) atoms. The average molecular weight is 508 g/mol. The van der Waals surface area contributed by atoms with E-state index in [4.69, 9.17) is 11.6 Å². The monoisotopic (exact) mass is 507 g/mol. The molecule has 0 saturated carbocycles. The van der Waals surface area contributed by atoms with Crippen LogP contribution in [-0.4, -0.2) is 25.5 Å². The van der Waals surface area contributed by atoms with Crippen LogP contribution in [0.4, 0.5) is 5.69 Å². The van der Waals surface area contributed by atoms with Gasteiger partial charge in [0.25, 0.3) is 11.5 Å². The van der Waals surface area contributed by atoms with Gasteiger partial charge < -0.3 is 10.1 Å². The number of halogens is 2. The van der Waals surface area contributed by atoms with Crippen LogP contribution in [0.3, 0.4) is 0 Å². The number of aromatic hydroxyl groups is 1. The molecular formula is C18H11ClIN5O3. The van der Waals surface area contributed by atoms with E-state index < -0.39 is 5.91 Å². The van der Waals surface area contributed by atoms with E-state index in [0.717, 1.165) is 3.57 Å². The molecule has 0 aliphatic heterocycles. The summed E-state index contributed by atoms with van der Waals surface area (Å²) in [4.78, 5) is 31.7. The summed E-state index contributed by atoms with van der Waals surface area (Å²) in [5, 5.41) is 18.8. The fourth-order valence-corrected chi connectivity index (χ4v) is 3.43. The topological polar surface area (TPSA) is 113 Å². The number of nitrogens with one attached hydrogen (secondary N) is 1. The first-order valence-corrected chi connectivity index (χ1v) is 9.47. The van der Waals surface area contributed by atoms with Crippen LogP contribution in [-0.2, 0) is 11.3 Å². The molecule has 1 amide bonds. The first-order valence-electron chi connectivity index (χ1n) is 8.02. The summed E-state index contributed by atoms with van der Waals surface area (Å²) in [6, 6.07) is 10.2. The lowest BCUT2D eigenvalue weighted by molar-refractivity contribution is -0.118. The highest BCUT2D eigenvalue weighted by atomic mass is 127. The Morgan fingerprint density at radius 1 is 1.25 bits per heavy atom. The van der Waals surface area contributed by atoms with Crippen LogP contribution in [0, 0.1) is 3.57 Å². The molecule has 8 nitrogen and oxygen atoms in total. The largest absolute Gasteiger partial charge is 0.493 e. The average Bonchev–Trinajstić information content (AvgIpc) is 2.97. The molecule has 140 valence electrons. The van der Waals surface area contributed by atoms with Crippen LogP contribution in [0.1, 0.15) is 0 Å². The third kappa shape index (κ3) is 3.50. The summed E-state index contributed by atoms with van der Waals surface area (Å²) < 4.78 is 2.06. The molecule has 0 atom stereocenters. The highest BCUT2D eigenvalue weighted by Crippen LogP contribution is 2.36. The van der Waals surface area contributed by atoms with Gasteiger partial charge in [0.1, 0.15) is 6.54 Å². The van der Waals surface area contributed by atoms with E-state index >= 15 is 0 Å². The predicted octanol–water partition coefficient (Wildman–Crippen LogP) is 4.15. The fourth-order valence-electron chi connectivity index (χ4n) is 2.76. The second-order valence-electron chi connectivity index (χ2n) is 5.94. The molecule has 2 N–H and O–H groups in total. The van der Waals surface area contributed by atoms with Crippen molar-refractivity contribution >= 4 is 67.6 Å². The number of amides is 1. The number of carbonyl (C=O) groups excluding carboxylic acids is 1. The number of aromatic amines is 1. The number of fused-ring (bicyclic) bond motifs is 2. The van der Waals surface area contributed by atoms with E-state index in [1.54, 1.807) is 30.3 Å². The molecule has 10 heteroatoms. The Morgan fingerprint density at radius 3 is 2.89 bits per heavy atom. The van der Waals surface area contributed by atoms with Crippen LogP contribution in [0.15, 0.2) is 57.7 Å². The molecule has 0 unspecified atom stereocenters. The molecular weight excluding hydrogens is 497 g/mol. The molecule has 0 saturated heterocycles. The van der Waals surface area contributed by atoms with E-state index in [-0.39, 0.29) is 23.7 Å². The first kappa shape index (κ1) is 18.6. The minimum absolute atomic E-state index is 0.101. The molecule has 0 bridgehead atoms. The standard InChI is InChI=1S/C18H11ClIN5O3/c19-9-1-3-14-11(5-9)16(17(27)22-14)24-23-15(26)7-25-8-21-13-4-2-10(20)6-12(13)18(25)28/h1-6,8,22,27H,7H2. The van der Waals surface area contributed by atoms with Gasteiger partial charge in [0.2, 0.25) is 5.88 Å². The van der Waals surface area contributed by atoms with Crippen molar-refractivity contribution in [1.29, 1.82) is 0 Å². The van der Waals surface area contributed by atoms with Crippen molar-refractivity contribution in [3.05, 3.63) is 61.7 Å². The lowest BCUT2D eigenvalue weighted by atomic mass is 10.2. The Hall–Kier alpha value is -2.79. The minimum atomic E-state index is -0.662. The summed E-state index contributed by atoms with van der Waals surface area (Å²) in [6.45, 7) is -0.319. The van der Waals surface area contributed by atoms with Gasteiger partial charge >= 0.3 is 0 Å². The van der Waals surface area contributed by atoms with Gasteiger partial charge in [-0.3, -0.25) is 14.2 Å². The van der Waals surface area contributed by atoms with Crippen molar-refractivity contribution in [3.8, 4) is 5.88 Å². The molecule has 4 rings (SSSR count). The number of azo groups is 1. The van der Waals surface area contributed by atoms with Crippen LogP contribution >= 0.6 is 34.2 Å². The number of aromatic nitrogens is 3. The summed E-state index contributed by atoms with van der Waals surface area (Å²) in [6.07, 6.45) is 1.30. The summed E-state index contributed by atoms with van der Waals surface area (Å²) in [7, 11) is 0. The normalized spacial score (nSPS) is 11.6. The van der Waals surface area contributed by atoms with Gasteiger partial charge in [-0.05, 0) is 59.0 Å². The molecule has 2 aromatic carbocycles. The molecule has 0 aliphatic rings. The van der Waals surface area contributed by atoms with Crippen molar-refractivity contribution in [2.45, 2.75) is 6.54 Å². The maximum Gasteiger partial charge on any atom is 0.284 e. The number of benzene rings is 2. The number of H-pyrrole nitrogens is 1. The van der Waals surface area contributed by atoms with Crippen molar-refractivity contribution in [2.24, 2.45) is 10.2 Å². The number of hydrogen-bond donors (Lipinski definition) is 2. The smallest absolute Gasteiger partial charge is 0.284 e. The highest BCUT2D eigenvalue weighted by molar-refractivity contribution is 14.1. The van der Waals surface area contributed by atoms with Gasteiger partial charge in [0.15, 0.2) is 5.69 Å². The van der Waals surface area contributed by atoms with Crippen molar-refractivity contribution in [2.75, 3.05) is 0 Å². The number of hydrogen-bond acceptors (Lipinski definition) is 5. The van der Waals surface area contributed by atoms with Gasteiger partial charge in [0.05, 0.1) is 22.7 Å². The number of carbonyl (C=O) groups is 1. The summed E-state index contributed by atoms with van der Waals surface area (Å²) in [5.41, 5.74) is 0.919. The highest BCUT2D eigenvalue weighted by Gasteiger charge is 2.12. The van der Waals surface area contributed by atoms with E-state index in [9.17, 15) is 14.7 Å². The van der Waals surface area contributed by atoms with Gasteiger partial charge in [-0.1, -0.05) is 11.6 Å². The molecule has 0 spiro atoms. The fraction of sp³-hybridized carbons (Fsp3) is 0.0556. The lowest BCUT2D eigenvalue weighted by Crippen LogP contribution is -2.23. The van der Waals surface area contributed by atoms with Crippen LogP contribution in [0.25, 0.3) is 21.8 Å². The summed E-state index contributed by atoms with van der Waals surface area (Å²) in [5.74, 6) is -0.891.